The van der Waals surface area contributed by atoms with Gasteiger partial charge in [-0.3, -0.25) is 0 Å². The van der Waals surface area contributed by atoms with Crippen LogP contribution in [0, 0.1) is 5.92 Å². The summed E-state index contributed by atoms with van der Waals surface area (Å²) < 4.78 is 45.6. The van der Waals surface area contributed by atoms with Crippen molar-refractivity contribution < 1.29 is 17.6 Å². The normalized spacial score (nSPS) is 33.4. The van der Waals surface area contributed by atoms with Gasteiger partial charge in [0.25, 0.3) is 5.92 Å². The molecule has 0 bridgehead atoms. The van der Waals surface area contributed by atoms with E-state index >= 15 is 0 Å². The molecule has 48 valence electrons. The standard InChI is InChI=1S/C4H4F4/c5-3(6)2-1-4(2,7)8/h2-3H,1H2. The van der Waals surface area contributed by atoms with Crippen molar-refractivity contribution in [2.75, 3.05) is 0 Å². The quantitative estimate of drug-likeness (QED) is 0.473. The summed E-state index contributed by atoms with van der Waals surface area (Å²) in [6.45, 7) is 0. The molecule has 0 heterocycles. The average Bonchev–Trinajstić information content (AvgIpc) is 2.13. The predicted molar refractivity (Wildman–Crippen MR) is 19.1 cm³/mol. The van der Waals surface area contributed by atoms with Crippen molar-refractivity contribution in [3.05, 3.63) is 0 Å². The molecule has 0 saturated heterocycles. The van der Waals surface area contributed by atoms with Crippen LogP contribution < -0.4 is 0 Å². The number of rotatable bonds is 1. The number of halogens is 4. The van der Waals surface area contributed by atoms with E-state index in [0.29, 0.717) is 0 Å². The summed E-state index contributed by atoms with van der Waals surface area (Å²) >= 11 is 0. The SMILES string of the molecule is FC(F)C1CC1(F)F. The summed E-state index contributed by atoms with van der Waals surface area (Å²) in [6.07, 6.45) is -3.48. The fourth-order valence-electron chi connectivity index (χ4n) is 0.508. The number of alkyl halides is 4. The first-order chi connectivity index (χ1) is 3.54. The summed E-state index contributed by atoms with van der Waals surface area (Å²) in [7, 11) is 0. The first-order valence-electron chi connectivity index (χ1n) is 2.20. The Morgan fingerprint density at radius 2 is 1.75 bits per heavy atom. The molecule has 0 aliphatic heterocycles. The molecule has 8 heavy (non-hydrogen) atoms. The van der Waals surface area contributed by atoms with E-state index < -0.39 is 24.7 Å². The lowest BCUT2D eigenvalue weighted by atomic mass is 10.4. The van der Waals surface area contributed by atoms with Crippen molar-refractivity contribution >= 4 is 0 Å². The van der Waals surface area contributed by atoms with E-state index in [1.165, 1.54) is 0 Å². The second-order valence-corrected chi connectivity index (χ2v) is 1.91. The molecule has 1 aliphatic rings. The minimum atomic E-state index is -3.06. The van der Waals surface area contributed by atoms with Gasteiger partial charge in [0.1, 0.15) is 0 Å². The summed E-state index contributed by atoms with van der Waals surface area (Å²) in [6, 6.07) is 0. The van der Waals surface area contributed by atoms with Gasteiger partial charge in [0.2, 0.25) is 6.43 Å². The third kappa shape index (κ3) is 0.788. The van der Waals surface area contributed by atoms with Crippen LogP contribution in [0.2, 0.25) is 0 Å². The lowest BCUT2D eigenvalue weighted by Crippen LogP contribution is -2.02. The lowest BCUT2D eigenvalue weighted by molar-refractivity contribution is 0.0331. The zero-order chi connectivity index (χ0) is 6.36. The first-order valence-corrected chi connectivity index (χ1v) is 2.20. The second-order valence-electron chi connectivity index (χ2n) is 1.91. The molecular formula is C4H4F4. The predicted octanol–water partition coefficient (Wildman–Crippen LogP) is 1.91. The van der Waals surface area contributed by atoms with Crippen LogP contribution in [0.25, 0.3) is 0 Å². The van der Waals surface area contributed by atoms with Gasteiger partial charge in [0, 0.05) is 6.42 Å². The van der Waals surface area contributed by atoms with Crippen molar-refractivity contribution in [1.29, 1.82) is 0 Å². The molecule has 0 N–H and O–H groups in total. The van der Waals surface area contributed by atoms with Crippen LogP contribution in [0.5, 0.6) is 0 Å². The Labute approximate surface area is 43.5 Å². The molecule has 0 aromatic carbocycles. The van der Waals surface area contributed by atoms with E-state index in [1.807, 2.05) is 0 Å². The highest BCUT2D eigenvalue weighted by atomic mass is 19.3. The van der Waals surface area contributed by atoms with E-state index in [0.717, 1.165) is 0 Å². The highest BCUT2D eigenvalue weighted by Gasteiger charge is 2.61. The van der Waals surface area contributed by atoms with Gasteiger partial charge in [0.15, 0.2) is 0 Å². The van der Waals surface area contributed by atoms with Gasteiger partial charge in [-0.25, -0.2) is 17.6 Å². The Morgan fingerprint density at radius 3 is 1.75 bits per heavy atom. The fraction of sp³-hybridized carbons (Fsp3) is 1.00. The Balaban J connectivity index is 2.37. The van der Waals surface area contributed by atoms with Gasteiger partial charge >= 0.3 is 0 Å². The lowest BCUT2D eigenvalue weighted by Gasteiger charge is -1.91. The monoisotopic (exact) mass is 128 g/mol. The van der Waals surface area contributed by atoms with Crippen LogP contribution in [0.3, 0.4) is 0 Å². The average molecular weight is 128 g/mol. The molecular weight excluding hydrogens is 124 g/mol. The fourth-order valence-corrected chi connectivity index (χ4v) is 0.508. The molecule has 1 atom stereocenters. The molecule has 4 heteroatoms. The second kappa shape index (κ2) is 1.36. The number of hydrogen-bond acceptors (Lipinski definition) is 0. The Kier molecular flexibility index (Phi) is 0.994. The molecule has 1 fully saturated rings. The summed E-state index contributed by atoms with van der Waals surface area (Å²) in [5, 5.41) is 0. The molecule has 0 spiro atoms. The van der Waals surface area contributed by atoms with Crippen molar-refractivity contribution in [3.63, 3.8) is 0 Å². The van der Waals surface area contributed by atoms with Crippen molar-refractivity contribution in [2.45, 2.75) is 18.8 Å². The van der Waals surface area contributed by atoms with Gasteiger partial charge in [-0.15, -0.1) is 0 Å². The Hall–Kier alpha value is -0.280. The Bertz CT molecular complexity index is 98.2. The van der Waals surface area contributed by atoms with E-state index in [9.17, 15) is 17.6 Å². The molecule has 1 aliphatic carbocycles. The number of hydrogen-bond donors (Lipinski definition) is 0. The van der Waals surface area contributed by atoms with Crippen LogP contribution in [-0.4, -0.2) is 12.3 Å². The van der Waals surface area contributed by atoms with Crippen LogP contribution in [-0.2, 0) is 0 Å². The van der Waals surface area contributed by atoms with Crippen LogP contribution in [0.15, 0.2) is 0 Å². The van der Waals surface area contributed by atoms with Crippen LogP contribution in [0.4, 0.5) is 17.6 Å². The zero-order valence-corrected chi connectivity index (χ0v) is 3.87. The molecule has 0 nitrogen and oxygen atoms in total. The van der Waals surface area contributed by atoms with Gasteiger partial charge in [0.05, 0.1) is 5.92 Å². The molecule has 0 aromatic rings. The van der Waals surface area contributed by atoms with E-state index in [2.05, 4.69) is 0 Å². The van der Waals surface area contributed by atoms with Crippen molar-refractivity contribution in [2.24, 2.45) is 5.92 Å². The zero-order valence-electron chi connectivity index (χ0n) is 3.87. The van der Waals surface area contributed by atoms with Gasteiger partial charge in [-0.05, 0) is 0 Å². The van der Waals surface area contributed by atoms with Gasteiger partial charge < -0.3 is 0 Å². The van der Waals surface area contributed by atoms with Crippen LogP contribution in [0.1, 0.15) is 6.42 Å². The van der Waals surface area contributed by atoms with Crippen LogP contribution >= 0.6 is 0 Å². The third-order valence-corrected chi connectivity index (χ3v) is 1.18. The third-order valence-electron chi connectivity index (χ3n) is 1.18. The summed E-state index contributed by atoms with van der Waals surface area (Å²) in [5.41, 5.74) is 0. The smallest absolute Gasteiger partial charge is 0.210 e. The molecule has 1 unspecified atom stereocenters. The minimum Gasteiger partial charge on any atom is -0.210 e. The van der Waals surface area contributed by atoms with Crippen molar-refractivity contribution in [3.8, 4) is 0 Å². The maximum Gasteiger partial charge on any atom is 0.257 e. The van der Waals surface area contributed by atoms with Gasteiger partial charge in [-0.1, -0.05) is 0 Å². The molecule has 1 saturated carbocycles. The summed E-state index contributed by atoms with van der Waals surface area (Å²) in [5.74, 6) is -4.71. The van der Waals surface area contributed by atoms with E-state index in [4.69, 9.17) is 0 Å². The first kappa shape index (κ1) is 5.85. The molecule has 0 amide bonds. The Morgan fingerprint density at radius 1 is 1.38 bits per heavy atom. The maximum atomic E-state index is 11.6. The highest BCUT2D eigenvalue weighted by Crippen LogP contribution is 2.51. The minimum absolute atomic E-state index is 0.634. The highest BCUT2D eigenvalue weighted by molar-refractivity contribution is 4.96. The van der Waals surface area contributed by atoms with Crippen molar-refractivity contribution in [1.82, 2.24) is 0 Å². The van der Waals surface area contributed by atoms with E-state index in [1.54, 1.807) is 0 Å². The topological polar surface area (TPSA) is 0 Å². The maximum absolute atomic E-state index is 11.6. The molecule has 1 rings (SSSR count). The van der Waals surface area contributed by atoms with E-state index in [-0.39, 0.29) is 0 Å². The summed E-state index contributed by atoms with van der Waals surface area (Å²) in [4.78, 5) is 0. The largest absolute Gasteiger partial charge is 0.257 e. The van der Waals surface area contributed by atoms with Gasteiger partial charge in [-0.2, -0.15) is 0 Å². The molecule has 0 radical (unpaired) electrons. The molecule has 0 aromatic heterocycles.